The van der Waals surface area contributed by atoms with E-state index in [-0.39, 0.29) is 24.5 Å². The van der Waals surface area contributed by atoms with Crippen LogP contribution in [0, 0.1) is 0 Å². The number of pyridine rings is 1. The lowest BCUT2D eigenvalue weighted by atomic mass is 10.1. The Bertz CT molecular complexity index is 825. The van der Waals surface area contributed by atoms with Crippen LogP contribution in [-0.4, -0.2) is 48.5 Å². The highest BCUT2D eigenvalue weighted by Crippen LogP contribution is 2.31. The van der Waals surface area contributed by atoms with Crippen LogP contribution >= 0.6 is 0 Å². The zero-order chi connectivity index (χ0) is 20.7. The number of hydrogen-bond acceptors (Lipinski definition) is 8. The molecule has 0 spiro atoms. The molecule has 0 aliphatic rings. The van der Waals surface area contributed by atoms with E-state index >= 15 is 0 Å². The Morgan fingerprint density at radius 3 is 2.29 bits per heavy atom. The number of carbonyl (C=O) groups is 2. The summed E-state index contributed by atoms with van der Waals surface area (Å²) >= 11 is 0. The Balaban J connectivity index is 2.76. The molecule has 0 N–H and O–H groups in total. The third kappa shape index (κ3) is 4.60. The maximum absolute atomic E-state index is 12.8. The second kappa shape index (κ2) is 10.0. The second-order valence-electron chi connectivity index (χ2n) is 5.66. The van der Waals surface area contributed by atoms with Gasteiger partial charge in [0.2, 0.25) is 12.2 Å². The number of hydrogen-bond donors (Lipinski definition) is 0. The van der Waals surface area contributed by atoms with Crippen LogP contribution in [0.2, 0.25) is 0 Å². The van der Waals surface area contributed by atoms with Gasteiger partial charge in [-0.2, -0.15) is 9.61 Å². The first kappa shape index (κ1) is 21.6. The summed E-state index contributed by atoms with van der Waals surface area (Å²) in [4.78, 5) is 24.1. The van der Waals surface area contributed by atoms with Gasteiger partial charge in [-0.15, -0.1) is 0 Å². The molecule has 0 fully saturated rings. The summed E-state index contributed by atoms with van der Waals surface area (Å²) < 4.78 is 28.5. The van der Waals surface area contributed by atoms with Crippen molar-refractivity contribution in [1.82, 2.24) is 9.61 Å². The van der Waals surface area contributed by atoms with E-state index in [0.29, 0.717) is 30.2 Å². The van der Waals surface area contributed by atoms with Gasteiger partial charge in [0.15, 0.2) is 0 Å². The molecule has 2 rings (SSSR count). The predicted molar refractivity (Wildman–Crippen MR) is 99.2 cm³/mol. The van der Waals surface area contributed by atoms with Crippen LogP contribution in [0.1, 0.15) is 55.6 Å². The number of rotatable bonds is 10. The minimum atomic E-state index is -0.861. The maximum atomic E-state index is 12.8. The molecule has 0 bridgehead atoms. The van der Waals surface area contributed by atoms with Gasteiger partial charge < -0.3 is 23.7 Å². The Labute approximate surface area is 163 Å². The van der Waals surface area contributed by atoms with Gasteiger partial charge in [-0.25, -0.2) is 4.79 Å². The van der Waals surface area contributed by atoms with Gasteiger partial charge in [-0.05, 0) is 26.8 Å². The number of esters is 2. The Morgan fingerprint density at radius 2 is 1.75 bits per heavy atom. The number of ether oxygens (including phenoxy) is 5. The Morgan fingerprint density at radius 1 is 1.07 bits per heavy atom. The molecule has 0 radical (unpaired) electrons. The van der Waals surface area contributed by atoms with E-state index in [0.717, 1.165) is 0 Å². The molecule has 2 aromatic heterocycles. The van der Waals surface area contributed by atoms with Gasteiger partial charge >= 0.3 is 11.9 Å². The number of methoxy groups -OCH3 is 1. The van der Waals surface area contributed by atoms with Gasteiger partial charge in [-0.1, -0.05) is 0 Å². The molecule has 0 aliphatic heterocycles. The normalized spacial score (nSPS) is 11.1. The summed E-state index contributed by atoms with van der Waals surface area (Å²) in [6.07, 6.45) is -0.861. The smallest absolute Gasteiger partial charge is 0.342 e. The molecule has 0 saturated heterocycles. The number of fused-ring (bicyclic) bond motifs is 1. The molecule has 2 aromatic rings. The van der Waals surface area contributed by atoms with Crippen LogP contribution in [0.25, 0.3) is 5.52 Å². The lowest BCUT2D eigenvalue weighted by Crippen LogP contribution is -2.15. The lowest BCUT2D eigenvalue weighted by Gasteiger charge is -2.16. The molecular weight excluding hydrogens is 368 g/mol. The van der Waals surface area contributed by atoms with E-state index in [9.17, 15) is 9.59 Å². The average Bonchev–Trinajstić information content (AvgIpc) is 3.06. The van der Waals surface area contributed by atoms with E-state index in [4.69, 9.17) is 23.7 Å². The first-order valence-electron chi connectivity index (χ1n) is 9.10. The predicted octanol–water partition coefficient (Wildman–Crippen LogP) is 2.65. The second-order valence-corrected chi connectivity index (χ2v) is 5.66. The highest BCUT2D eigenvalue weighted by molar-refractivity contribution is 5.99. The van der Waals surface area contributed by atoms with Crippen molar-refractivity contribution in [3.8, 4) is 5.88 Å². The van der Waals surface area contributed by atoms with Crippen molar-refractivity contribution < 1.29 is 33.3 Å². The SMILES string of the molecule is CCOC(=O)c1c(C(OCC)OCC)nn2c(OC)ccc(COC(C)=O)c12. The van der Waals surface area contributed by atoms with Crippen LogP contribution in [0.3, 0.4) is 0 Å². The molecular formula is C19H26N2O7. The molecule has 0 amide bonds. The molecule has 9 heteroatoms. The third-order valence-corrected chi connectivity index (χ3v) is 3.83. The van der Waals surface area contributed by atoms with Crippen LogP contribution in [0.4, 0.5) is 0 Å². The standard InChI is InChI=1S/C19H26N2O7/c1-6-25-18(23)15-16(19(26-7-2)27-8-3)20-21-14(24-5)10-9-13(17(15)21)11-28-12(4)22/h9-10,19H,6-8,11H2,1-5H3. The summed E-state index contributed by atoms with van der Waals surface area (Å²) in [7, 11) is 1.49. The number of nitrogens with zero attached hydrogens (tertiary/aromatic N) is 2. The summed E-state index contributed by atoms with van der Waals surface area (Å²) in [6.45, 7) is 7.54. The fraction of sp³-hybridized carbons (Fsp3) is 0.526. The van der Waals surface area contributed by atoms with Gasteiger partial charge in [0, 0.05) is 31.8 Å². The topological polar surface area (TPSA) is 97.6 Å². The first-order chi connectivity index (χ1) is 13.5. The summed E-state index contributed by atoms with van der Waals surface area (Å²) in [5, 5.41) is 4.51. The van der Waals surface area contributed by atoms with Crippen LogP contribution in [-0.2, 0) is 30.3 Å². The molecule has 9 nitrogen and oxygen atoms in total. The molecule has 154 valence electrons. The summed E-state index contributed by atoms with van der Waals surface area (Å²) in [5.41, 5.74) is 1.45. The average molecular weight is 394 g/mol. The number of carbonyl (C=O) groups excluding carboxylic acids is 2. The summed E-state index contributed by atoms with van der Waals surface area (Å²) in [5.74, 6) is -0.618. The fourth-order valence-corrected chi connectivity index (χ4v) is 2.74. The molecule has 28 heavy (non-hydrogen) atoms. The third-order valence-electron chi connectivity index (χ3n) is 3.83. The van der Waals surface area contributed by atoms with Crippen molar-refractivity contribution in [1.29, 1.82) is 0 Å². The monoisotopic (exact) mass is 394 g/mol. The molecule has 0 unspecified atom stereocenters. The Kier molecular flexibility index (Phi) is 7.77. The van der Waals surface area contributed by atoms with E-state index in [1.807, 2.05) is 13.8 Å². The van der Waals surface area contributed by atoms with E-state index < -0.39 is 18.2 Å². The summed E-state index contributed by atoms with van der Waals surface area (Å²) in [6, 6.07) is 3.38. The zero-order valence-corrected chi connectivity index (χ0v) is 16.8. The van der Waals surface area contributed by atoms with Crippen LogP contribution < -0.4 is 4.74 Å². The molecule has 0 aromatic carbocycles. The van der Waals surface area contributed by atoms with Gasteiger partial charge in [0.25, 0.3) is 0 Å². The first-order valence-corrected chi connectivity index (χ1v) is 9.10. The Hall–Kier alpha value is -2.65. The van der Waals surface area contributed by atoms with Gasteiger partial charge in [-0.3, -0.25) is 4.79 Å². The van der Waals surface area contributed by atoms with Crippen LogP contribution in [0.15, 0.2) is 12.1 Å². The van der Waals surface area contributed by atoms with E-state index in [1.54, 1.807) is 19.1 Å². The molecule has 2 heterocycles. The van der Waals surface area contributed by atoms with E-state index in [1.165, 1.54) is 18.5 Å². The van der Waals surface area contributed by atoms with E-state index in [2.05, 4.69) is 5.10 Å². The van der Waals surface area contributed by atoms with Crippen LogP contribution in [0.5, 0.6) is 5.88 Å². The van der Waals surface area contributed by atoms with Crippen molar-refractivity contribution >= 4 is 17.5 Å². The quantitative estimate of drug-likeness (QED) is 0.448. The largest absolute Gasteiger partial charge is 0.481 e. The van der Waals surface area contributed by atoms with Gasteiger partial charge in [0.1, 0.15) is 17.9 Å². The van der Waals surface area contributed by atoms with Crippen molar-refractivity contribution in [2.45, 2.75) is 40.6 Å². The van der Waals surface area contributed by atoms with Gasteiger partial charge in [0.05, 0.1) is 19.2 Å². The minimum Gasteiger partial charge on any atom is -0.481 e. The van der Waals surface area contributed by atoms with Crippen molar-refractivity contribution in [2.24, 2.45) is 0 Å². The molecule has 0 aliphatic carbocycles. The van der Waals surface area contributed by atoms with Crippen molar-refractivity contribution in [3.63, 3.8) is 0 Å². The highest BCUT2D eigenvalue weighted by atomic mass is 16.7. The highest BCUT2D eigenvalue weighted by Gasteiger charge is 2.30. The zero-order valence-electron chi connectivity index (χ0n) is 16.8. The fourth-order valence-electron chi connectivity index (χ4n) is 2.74. The van der Waals surface area contributed by atoms with Crippen molar-refractivity contribution in [2.75, 3.05) is 26.9 Å². The van der Waals surface area contributed by atoms with Crippen molar-refractivity contribution in [3.05, 3.63) is 29.0 Å². The number of aromatic nitrogens is 2. The molecule has 0 saturated carbocycles. The lowest BCUT2D eigenvalue weighted by molar-refractivity contribution is -0.143. The minimum absolute atomic E-state index is 0.0334. The maximum Gasteiger partial charge on any atom is 0.342 e. The molecule has 0 atom stereocenters.